The molecule has 0 spiro atoms. The van der Waals surface area contributed by atoms with Crippen LogP contribution in [0.3, 0.4) is 0 Å². The topological polar surface area (TPSA) is 80.4 Å². The second kappa shape index (κ2) is 5.14. The van der Waals surface area contributed by atoms with Gasteiger partial charge in [0.25, 0.3) is 0 Å². The summed E-state index contributed by atoms with van der Waals surface area (Å²) in [6, 6.07) is 5.82. The van der Waals surface area contributed by atoms with Gasteiger partial charge >= 0.3 is 0 Å². The fraction of sp³-hybridized carbons (Fsp3) is 0.400. The van der Waals surface area contributed by atoms with Crippen LogP contribution in [0.5, 0.6) is 0 Å². The number of rotatable bonds is 4. The van der Waals surface area contributed by atoms with Crippen LogP contribution in [0.4, 0.5) is 0 Å². The van der Waals surface area contributed by atoms with Gasteiger partial charge in [0.15, 0.2) is 9.84 Å². The molecule has 0 aliphatic heterocycles. The van der Waals surface area contributed by atoms with E-state index in [1.54, 1.807) is 24.3 Å². The predicted octanol–water partition coefficient (Wildman–Crippen LogP) is 0.745. The van der Waals surface area contributed by atoms with Crippen LogP contribution >= 0.6 is 11.6 Å². The van der Waals surface area contributed by atoms with Gasteiger partial charge in [-0.25, -0.2) is 8.42 Å². The van der Waals surface area contributed by atoms with E-state index >= 15 is 0 Å². The Balaban J connectivity index is 3.00. The molecule has 0 aromatic heterocycles. The van der Waals surface area contributed by atoms with Crippen molar-refractivity contribution in [2.45, 2.75) is 11.3 Å². The van der Waals surface area contributed by atoms with Crippen molar-refractivity contribution in [3.8, 4) is 0 Å². The van der Waals surface area contributed by atoms with Crippen LogP contribution < -0.4 is 5.73 Å². The summed E-state index contributed by atoms with van der Waals surface area (Å²) in [4.78, 5) is 0. The Morgan fingerprint density at radius 3 is 2.25 bits per heavy atom. The van der Waals surface area contributed by atoms with Gasteiger partial charge in [0.2, 0.25) is 0 Å². The van der Waals surface area contributed by atoms with Crippen molar-refractivity contribution in [1.29, 1.82) is 0 Å². The Kier molecular flexibility index (Phi) is 4.32. The van der Waals surface area contributed by atoms with Crippen LogP contribution in [0.1, 0.15) is 11.6 Å². The third kappa shape index (κ3) is 3.18. The van der Waals surface area contributed by atoms with E-state index < -0.39 is 27.7 Å². The molecule has 0 saturated carbocycles. The summed E-state index contributed by atoms with van der Waals surface area (Å²) in [5.41, 5.74) is 6.44. The molecule has 0 amide bonds. The lowest BCUT2D eigenvalue weighted by Crippen LogP contribution is -2.36. The summed E-state index contributed by atoms with van der Waals surface area (Å²) in [6.07, 6.45) is 1.06. The average Bonchev–Trinajstić information content (AvgIpc) is 2.17. The molecule has 0 radical (unpaired) electrons. The van der Waals surface area contributed by atoms with Gasteiger partial charge in [-0.05, 0) is 17.7 Å². The summed E-state index contributed by atoms with van der Waals surface area (Å²) in [5, 5.41) is 8.62. The van der Waals surface area contributed by atoms with E-state index in [0.29, 0.717) is 10.6 Å². The molecule has 3 N–H and O–H groups in total. The van der Waals surface area contributed by atoms with Crippen LogP contribution in [0.15, 0.2) is 24.3 Å². The molecule has 0 aliphatic rings. The summed E-state index contributed by atoms with van der Waals surface area (Å²) in [5.74, 6) is 0. The molecular weight excluding hydrogens is 250 g/mol. The van der Waals surface area contributed by atoms with Crippen molar-refractivity contribution >= 4 is 21.4 Å². The fourth-order valence-electron chi connectivity index (χ4n) is 1.41. The van der Waals surface area contributed by atoms with Gasteiger partial charge in [-0.3, -0.25) is 0 Å². The first kappa shape index (κ1) is 13.4. The van der Waals surface area contributed by atoms with Gasteiger partial charge in [-0.15, -0.1) is 0 Å². The standard InChI is InChI=1S/C10H14ClNO3S/c1-16(14,15)9(6-13)10(12)7-2-4-8(11)5-3-7/h2-5,9-10,13H,6,12H2,1H3/t9-,10-/m0/s1. The van der Waals surface area contributed by atoms with Gasteiger partial charge in [0.05, 0.1) is 6.61 Å². The molecule has 1 aromatic rings. The highest BCUT2D eigenvalue weighted by molar-refractivity contribution is 7.91. The molecule has 0 aliphatic carbocycles. The maximum atomic E-state index is 11.4. The van der Waals surface area contributed by atoms with E-state index in [1.807, 2.05) is 0 Å². The molecule has 90 valence electrons. The lowest BCUT2D eigenvalue weighted by Gasteiger charge is -2.20. The van der Waals surface area contributed by atoms with E-state index in [9.17, 15) is 8.42 Å². The van der Waals surface area contributed by atoms with Gasteiger partial charge in [0.1, 0.15) is 5.25 Å². The smallest absolute Gasteiger partial charge is 0.154 e. The van der Waals surface area contributed by atoms with Gasteiger partial charge in [0, 0.05) is 17.3 Å². The van der Waals surface area contributed by atoms with Gasteiger partial charge in [-0.1, -0.05) is 23.7 Å². The number of halogens is 1. The highest BCUT2D eigenvalue weighted by atomic mass is 35.5. The Morgan fingerprint density at radius 2 is 1.88 bits per heavy atom. The molecule has 1 aromatic carbocycles. The number of benzene rings is 1. The minimum absolute atomic E-state index is 0.497. The Bertz CT molecular complexity index is 444. The molecule has 0 fully saturated rings. The number of aliphatic hydroxyl groups excluding tert-OH is 1. The first-order valence-corrected chi connectivity index (χ1v) is 7.00. The highest BCUT2D eigenvalue weighted by Gasteiger charge is 2.28. The molecule has 1 rings (SSSR count). The first-order valence-electron chi connectivity index (χ1n) is 4.67. The Morgan fingerprint density at radius 1 is 1.38 bits per heavy atom. The van der Waals surface area contributed by atoms with Crippen molar-refractivity contribution in [2.24, 2.45) is 5.73 Å². The van der Waals surface area contributed by atoms with Gasteiger partial charge < -0.3 is 10.8 Å². The summed E-state index contributed by atoms with van der Waals surface area (Å²) < 4.78 is 22.8. The minimum Gasteiger partial charge on any atom is -0.395 e. The van der Waals surface area contributed by atoms with Crippen molar-refractivity contribution in [3.05, 3.63) is 34.9 Å². The predicted molar refractivity (Wildman–Crippen MR) is 64.1 cm³/mol. The van der Waals surface area contributed by atoms with Crippen LogP contribution in [0, 0.1) is 0 Å². The number of hydrogen-bond donors (Lipinski definition) is 2. The van der Waals surface area contributed by atoms with Crippen molar-refractivity contribution in [2.75, 3.05) is 12.9 Å². The summed E-state index contributed by atoms with van der Waals surface area (Å²) in [7, 11) is -3.38. The van der Waals surface area contributed by atoms with Crippen molar-refractivity contribution in [1.82, 2.24) is 0 Å². The van der Waals surface area contributed by atoms with Crippen molar-refractivity contribution in [3.63, 3.8) is 0 Å². The van der Waals surface area contributed by atoms with Gasteiger partial charge in [-0.2, -0.15) is 0 Å². The molecular formula is C10H14ClNO3S. The lowest BCUT2D eigenvalue weighted by atomic mass is 10.1. The van der Waals surface area contributed by atoms with E-state index in [2.05, 4.69) is 0 Å². The highest BCUT2D eigenvalue weighted by Crippen LogP contribution is 2.21. The number of sulfone groups is 1. The second-order valence-electron chi connectivity index (χ2n) is 3.63. The number of aliphatic hydroxyl groups is 1. The third-order valence-corrected chi connectivity index (χ3v) is 4.18. The van der Waals surface area contributed by atoms with Crippen molar-refractivity contribution < 1.29 is 13.5 Å². The minimum atomic E-state index is -3.38. The van der Waals surface area contributed by atoms with E-state index in [1.165, 1.54) is 0 Å². The molecule has 0 unspecified atom stereocenters. The normalized spacial score (nSPS) is 15.8. The first-order chi connectivity index (χ1) is 7.36. The van der Waals surface area contributed by atoms with E-state index in [0.717, 1.165) is 6.26 Å². The zero-order valence-electron chi connectivity index (χ0n) is 8.80. The number of hydrogen-bond acceptors (Lipinski definition) is 4. The Hall–Kier alpha value is -0.620. The molecule has 16 heavy (non-hydrogen) atoms. The molecule has 6 heteroatoms. The number of nitrogens with two attached hydrogens (primary N) is 1. The molecule has 2 atom stereocenters. The molecule has 0 heterocycles. The van der Waals surface area contributed by atoms with Crippen LogP contribution in [0.25, 0.3) is 0 Å². The lowest BCUT2D eigenvalue weighted by molar-refractivity contribution is 0.278. The molecule has 4 nitrogen and oxygen atoms in total. The largest absolute Gasteiger partial charge is 0.395 e. The van der Waals surface area contributed by atoms with Crippen LogP contribution in [0.2, 0.25) is 5.02 Å². The zero-order chi connectivity index (χ0) is 12.3. The SMILES string of the molecule is CS(=O)(=O)[C@@H](CO)[C@@H](N)c1ccc(Cl)cc1. The second-order valence-corrected chi connectivity index (χ2v) is 6.33. The quantitative estimate of drug-likeness (QED) is 0.840. The fourth-order valence-corrected chi connectivity index (χ4v) is 2.50. The monoisotopic (exact) mass is 263 g/mol. The Labute approximate surface area is 100.0 Å². The van der Waals surface area contributed by atoms with Crippen LogP contribution in [-0.4, -0.2) is 31.6 Å². The maximum Gasteiger partial charge on any atom is 0.154 e. The van der Waals surface area contributed by atoms with Crippen LogP contribution in [-0.2, 0) is 9.84 Å². The molecule has 0 saturated heterocycles. The van der Waals surface area contributed by atoms with E-state index in [-0.39, 0.29) is 0 Å². The maximum absolute atomic E-state index is 11.4. The zero-order valence-corrected chi connectivity index (χ0v) is 10.4. The summed E-state index contributed by atoms with van der Waals surface area (Å²) in [6.45, 7) is -0.497. The summed E-state index contributed by atoms with van der Waals surface area (Å²) >= 11 is 5.71. The average molecular weight is 264 g/mol. The third-order valence-electron chi connectivity index (χ3n) is 2.39. The van der Waals surface area contributed by atoms with E-state index in [4.69, 9.17) is 22.4 Å². The molecule has 0 bridgehead atoms.